The number of unbranched alkanes of at least 4 members (excludes halogenated alkanes) is 1. The number of anilines is 1. The molecule has 1 aromatic heterocycles. The summed E-state index contributed by atoms with van der Waals surface area (Å²) in [6, 6.07) is 26.8. The van der Waals surface area contributed by atoms with Gasteiger partial charge in [0.1, 0.15) is 5.75 Å². The third-order valence-electron chi connectivity index (χ3n) is 7.11. The van der Waals surface area contributed by atoms with Gasteiger partial charge in [0.05, 0.1) is 12.3 Å². The molecule has 2 heterocycles. The van der Waals surface area contributed by atoms with Crippen LogP contribution >= 0.6 is 11.8 Å². The molecule has 8 heteroatoms. The van der Waals surface area contributed by atoms with E-state index in [9.17, 15) is 4.79 Å². The maximum atomic E-state index is 12.9. The molecular weight excluding hydrogens is 518 g/mol. The molecule has 1 aliphatic rings. The Hall–Kier alpha value is -3.78. The summed E-state index contributed by atoms with van der Waals surface area (Å²) in [6.45, 7) is 7.87. The minimum absolute atomic E-state index is 0.247. The van der Waals surface area contributed by atoms with Crippen LogP contribution in [0.5, 0.6) is 5.75 Å². The highest BCUT2D eigenvalue weighted by molar-refractivity contribution is 7.99. The van der Waals surface area contributed by atoms with Crippen molar-refractivity contribution in [1.29, 1.82) is 0 Å². The number of hydrogen-bond donors (Lipinski definition) is 0. The first-order valence-electron chi connectivity index (χ1n) is 14.1. The van der Waals surface area contributed by atoms with Gasteiger partial charge in [-0.15, -0.1) is 10.2 Å². The van der Waals surface area contributed by atoms with Crippen LogP contribution in [-0.4, -0.2) is 64.1 Å². The van der Waals surface area contributed by atoms with E-state index in [-0.39, 0.29) is 5.91 Å². The summed E-state index contributed by atoms with van der Waals surface area (Å²) in [4.78, 5) is 17.2. The summed E-state index contributed by atoms with van der Waals surface area (Å²) < 4.78 is 7.93. The first kappa shape index (κ1) is 27.8. The lowest BCUT2D eigenvalue weighted by Gasteiger charge is -2.36. The Morgan fingerprint density at radius 2 is 1.60 bits per heavy atom. The van der Waals surface area contributed by atoms with Crippen LogP contribution in [0, 0.1) is 6.92 Å². The maximum Gasteiger partial charge on any atom is 0.222 e. The van der Waals surface area contributed by atoms with Crippen molar-refractivity contribution in [2.75, 3.05) is 43.4 Å². The smallest absolute Gasteiger partial charge is 0.222 e. The fourth-order valence-electron chi connectivity index (χ4n) is 4.96. The largest absolute Gasteiger partial charge is 0.492 e. The highest BCUT2D eigenvalue weighted by Gasteiger charge is 2.23. The molecule has 40 heavy (non-hydrogen) atoms. The quantitative estimate of drug-likeness (QED) is 0.161. The molecule has 5 rings (SSSR count). The van der Waals surface area contributed by atoms with E-state index < -0.39 is 0 Å². The number of hydrogen-bond acceptors (Lipinski definition) is 6. The number of amides is 1. The number of para-hydroxylation sites is 3. The lowest BCUT2D eigenvalue weighted by Crippen LogP contribution is -2.48. The van der Waals surface area contributed by atoms with Gasteiger partial charge in [-0.05, 0) is 51.0 Å². The molecule has 1 amide bonds. The number of carbonyl (C=O) groups excluding carboxylic acids is 1. The molecule has 3 aromatic carbocycles. The molecule has 208 valence electrons. The number of rotatable bonds is 11. The van der Waals surface area contributed by atoms with Crippen LogP contribution in [0.2, 0.25) is 0 Å². The monoisotopic (exact) mass is 555 g/mol. The van der Waals surface area contributed by atoms with Gasteiger partial charge in [-0.2, -0.15) is 0 Å². The molecule has 7 nitrogen and oxygen atoms in total. The van der Waals surface area contributed by atoms with Gasteiger partial charge >= 0.3 is 0 Å². The fraction of sp³-hybridized carbons (Fsp3) is 0.344. The Balaban J connectivity index is 1.12. The number of nitrogens with zero attached hydrogens (tertiary/aromatic N) is 5. The zero-order valence-corrected chi connectivity index (χ0v) is 24.1. The third-order valence-corrected chi connectivity index (χ3v) is 8.13. The molecule has 0 atom stereocenters. The second kappa shape index (κ2) is 13.5. The average molecular weight is 556 g/mol. The molecule has 0 radical (unpaired) electrons. The first-order chi connectivity index (χ1) is 19.6. The van der Waals surface area contributed by atoms with Crippen LogP contribution < -0.4 is 9.64 Å². The summed E-state index contributed by atoms with van der Waals surface area (Å²) in [5, 5.41) is 9.95. The number of ether oxygens (including phenoxy) is 1. The highest BCUT2D eigenvalue weighted by atomic mass is 32.2. The number of aromatic nitrogens is 3. The van der Waals surface area contributed by atoms with E-state index in [1.54, 1.807) is 11.8 Å². The van der Waals surface area contributed by atoms with Gasteiger partial charge in [0.2, 0.25) is 5.91 Å². The number of aryl methyl sites for hydroxylation is 1. The Morgan fingerprint density at radius 3 is 2.35 bits per heavy atom. The maximum absolute atomic E-state index is 12.9. The normalized spacial score (nSPS) is 13.4. The van der Waals surface area contributed by atoms with Crippen molar-refractivity contribution in [1.82, 2.24) is 19.7 Å². The van der Waals surface area contributed by atoms with Gasteiger partial charge in [0.25, 0.3) is 0 Å². The first-order valence-corrected chi connectivity index (χ1v) is 15.1. The predicted molar refractivity (Wildman–Crippen MR) is 163 cm³/mol. The van der Waals surface area contributed by atoms with Gasteiger partial charge in [-0.25, -0.2) is 0 Å². The molecule has 0 saturated carbocycles. The summed E-state index contributed by atoms with van der Waals surface area (Å²) >= 11 is 1.70. The van der Waals surface area contributed by atoms with Crippen LogP contribution in [0.1, 0.15) is 31.7 Å². The van der Waals surface area contributed by atoms with E-state index >= 15 is 0 Å². The standard InChI is InChI=1S/C32H37N5O2S/c1-3-39-29-14-8-7-13-28(29)35-20-22-36(23-21-35)30(38)15-9-10-24-40-32-34-33-31(26-18-16-25(2)17-19-26)37(32)27-11-5-4-6-12-27/h4-8,11-14,16-19H,3,9-10,15,20-24H2,1-2H3. The summed E-state index contributed by atoms with van der Waals surface area (Å²) in [5.74, 6) is 2.88. The molecule has 0 spiro atoms. The van der Waals surface area contributed by atoms with Crippen LogP contribution in [0.15, 0.2) is 84.0 Å². The van der Waals surface area contributed by atoms with Crippen LogP contribution in [0.4, 0.5) is 5.69 Å². The SMILES string of the molecule is CCOc1ccccc1N1CCN(C(=O)CCCCSc2nnc(-c3ccc(C)cc3)n2-c2ccccc2)CC1. The van der Waals surface area contributed by atoms with Crippen molar-refractivity contribution >= 4 is 23.4 Å². The molecule has 0 unspecified atom stereocenters. The van der Waals surface area contributed by atoms with Crippen molar-refractivity contribution in [3.8, 4) is 22.8 Å². The summed E-state index contributed by atoms with van der Waals surface area (Å²) in [6.07, 6.45) is 2.39. The third kappa shape index (κ3) is 6.67. The second-order valence-corrected chi connectivity index (χ2v) is 11.0. The number of carbonyl (C=O) groups is 1. The second-order valence-electron chi connectivity index (χ2n) is 9.92. The lowest BCUT2D eigenvalue weighted by molar-refractivity contribution is -0.131. The van der Waals surface area contributed by atoms with Crippen LogP contribution in [-0.2, 0) is 4.79 Å². The van der Waals surface area contributed by atoms with E-state index in [0.717, 1.165) is 78.4 Å². The Kier molecular flexibility index (Phi) is 9.39. The molecule has 1 fully saturated rings. The zero-order chi connectivity index (χ0) is 27.7. The van der Waals surface area contributed by atoms with Gasteiger partial charge in [0.15, 0.2) is 11.0 Å². The van der Waals surface area contributed by atoms with Gasteiger partial charge in [0, 0.05) is 49.6 Å². The van der Waals surface area contributed by atoms with Crippen LogP contribution in [0.3, 0.4) is 0 Å². The average Bonchev–Trinajstić information content (AvgIpc) is 3.42. The number of thioether (sulfide) groups is 1. The minimum Gasteiger partial charge on any atom is -0.492 e. The van der Waals surface area contributed by atoms with E-state index in [1.807, 2.05) is 48.2 Å². The van der Waals surface area contributed by atoms with E-state index in [0.29, 0.717) is 13.0 Å². The zero-order valence-electron chi connectivity index (χ0n) is 23.3. The van der Waals surface area contributed by atoms with Crippen molar-refractivity contribution in [3.05, 3.63) is 84.4 Å². The van der Waals surface area contributed by atoms with Crippen molar-refractivity contribution in [2.45, 2.75) is 38.3 Å². The highest BCUT2D eigenvalue weighted by Crippen LogP contribution is 2.30. The summed E-state index contributed by atoms with van der Waals surface area (Å²) in [7, 11) is 0. The Labute approximate surface area is 241 Å². The van der Waals surface area contributed by atoms with Gasteiger partial charge < -0.3 is 14.5 Å². The van der Waals surface area contributed by atoms with E-state index in [4.69, 9.17) is 4.74 Å². The van der Waals surface area contributed by atoms with Crippen molar-refractivity contribution in [3.63, 3.8) is 0 Å². The number of benzene rings is 3. The Bertz CT molecular complexity index is 1380. The molecule has 1 saturated heterocycles. The molecule has 0 aliphatic carbocycles. The molecule has 1 aliphatic heterocycles. The fourth-order valence-corrected chi connectivity index (χ4v) is 5.91. The lowest BCUT2D eigenvalue weighted by atomic mass is 10.1. The molecule has 4 aromatic rings. The van der Waals surface area contributed by atoms with Crippen molar-refractivity contribution in [2.24, 2.45) is 0 Å². The minimum atomic E-state index is 0.247. The number of piperazine rings is 1. The van der Waals surface area contributed by atoms with E-state index in [2.05, 4.69) is 69.1 Å². The van der Waals surface area contributed by atoms with Gasteiger partial charge in [-0.1, -0.05) is 71.9 Å². The molecular formula is C32H37N5O2S. The molecule has 0 N–H and O–H groups in total. The van der Waals surface area contributed by atoms with Gasteiger partial charge in [-0.3, -0.25) is 9.36 Å². The topological polar surface area (TPSA) is 63.5 Å². The van der Waals surface area contributed by atoms with E-state index in [1.165, 1.54) is 5.56 Å². The Morgan fingerprint density at radius 1 is 0.875 bits per heavy atom. The predicted octanol–water partition coefficient (Wildman–Crippen LogP) is 6.25. The van der Waals surface area contributed by atoms with Crippen molar-refractivity contribution < 1.29 is 9.53 Å². The van der Waals surface area contributed by atoms with Crippen LogP contribution in [0.25, 0.3) is 17.1 Å². The summed E-state index contributed by atoms with van der Waals surface area (Å²) in [5.41, 5.74) is 4.42. The molecule has 0 bridgehead atoms.